The highest BCUT2D eigenvalue weighted by Crippen LogP contribution is 2.45. The third-order valence-electron chi connectivity index (χ3n) is 18.6. The van der Waals surface area contributed by atoms with Crippen LogP contribution in [0.4, 0.5) is 0 Å². The molecule has 0 spiro atoms. The minimum atomic E-state index is -4.97. The van der Waals surface area contributed by atoms with Crippen molar-refractivity contribution in [3.05, 3.63) is 48.6 Å². The second-order valence-corrected chi connectivity index (χ2v) is 31.8. The number of unbranched alkanes of at least 4 members (excludes halogenated alkanes) is 49. The number of aliphatic hydroxyl groups excluding tert-OH is 1. The van der Waals surface area contributed by atoms with Gasteiger partial charge in [-0.3, -0.25) is 37.3 Å². The maximum atomic E-state index is 13.1. The Balaban J connectivity index is 5.28. The standard InChI is InChI=1S/C84H156O17P2/c1-5-9-13-17-21-25-29-32-35-36-37-38-39-40-41-44-47-51-55-59-63-67-71-84(89)101-80(75-95-82(87)69-65-61-57-53-49-45-42-33-30-26-22-18-14-10-6-2)77-99-103(92,93)97-73-78(85)72-96-102(90,91)98-76-79(74-94-81(86)68-64-60-56-52-48-28-24-20-16-12-8-4)100-83(88)70-66-62-58-54-50-46-43-34-31-27-23-19-15-11-7-3/h26-27,30-31,33-34,42-43,78-80,85H,5-25,28-29,32,35-41,44-77H2,1-4H3,(H,90,91)(H,92,93)/b30-26-,31-27-,42-33-,43-34-/t78-,79+,80+/m0/s1. The van der Waals surface area contributed by atoms with Crippen molar-refractivity contribution in [2.45, 2.75) is 425 Å². The first-order chi connectivity index (χ1) is 50.2. The van der Waals surface area contributed by atoms with E-state index < -0.39 is 97.5 Å². The number of ether oxygens (including phenoxy) is 4. The van der Waals surface area contributed by atoms with E-state index in [2.05, 4.69) is 76.3 Å². The van der Waals surface area contributed by atoms with Crippen LogP contribution in [0.5, 0.6) is 0 Å². The van der Waals surface area contributed by atoms with Crippen LogP contribution in [0.2, 0.25) is 0 Å². The summed E-state index contributed by atoms with van der Waals surface area (Å²) in [5.41, 5.74) is 0. The number of esters is 4. The molecule has 0 aromatic rings. The van der Waals surface area contributed by atoms with E-state index in [4.69, 9.17) is 37.0 Å². The van der Waals surface area contributed by atoms with Gasteiger partial charge in [-0.25, -0.2) is 9.13 Å². The van der Waals surface area contributed by atoms with Gasteiger partial charge in [0.05, 0.1) is 26.4 Å². The van der Waals surface area contributed by atoms with Crippen molar-refractivity contribution in [3.63, 3.8) is 0 Å². The highest BCUT2D eigenvalue weighted by atomic mass is 31.2. The van der Waals surface area contributed by atoms with E-state index in [0.29, 0.717) is 25.7 Å². The summed E-state index contributed by atoms with van der Waals surface area (Å²) in [5.74, 6) is -2.16. The summed E-state index contributed by atoms with van der Waals surface area (Å²) in [6.45, 7) is 4.90. The molecule has 0 fully saturated rings. The van der Waals surface area contributed by atoms with Gasteiger partial charge < -0.3 is 33.8 Å². The quantitative estimate of drug-likeness (QED) is 0.0169. The smallest absolute Gasteiger partial charge is 0.462 e. The molecule has 0 saturated carbocycles. The monoisotopic (exact) mass is 1500 g/mol. The zero-order chi connectivity index (χ0) is 75.3. The van der Waals surface area contributed by atoms with Gasteiger partial charge in [-0.2, -0.15) is 0 Å². The number of allylic oxidation sites excluding steroid dienone is 8. The highest BCUT2D eigenvalue weighted by Gasteiger charge is 2.30. The fraction of sp³-hybridized carbons (Fsp3) is 0.857. The average Bonchev–Trinajstić information content (AvgIpc) is 0.913. The van der Waals surface area contributed by atoms with Crippen LogP contribution >= 0.6 is 15.6 Å². The van der Waals surface area contributed by atoms with Gasteiger partial charge in [0, 0.05) is 25.7 Å². The Bertz CT molecular complexity index is 2140. The topological polar surface area (TPSA) is 237 Å². The summed E-state index contributed by atoms with van der Waals surface area (Å²) < 4.78 is 68.7. The number of hydrogen-bond acceptors (Lipinski definition) is 15. The van der Waals surface area contributed by atoms with Gasteiger partial charge in [0.25, 0.3) is 0 Å². The van der Waals surface area contributed by atoms with Crippen LogP contribution < -0.4 is 0 Å². The van der Waals surface area contributed by atoms with Crippen molar-refractivity contribution < 1.29 is 80.2 Å². The number of hydrogen-bond donors (Lipinski definition) is 3. The van der Waals surface area contributed by atoms with Gasteiger partial charge in [-0.15, -0.1) is 0 Å². The van der Waals surface area contributed by atoms with Crippen LogP contribution in [0, 0.1) is 0 Å². The molecule has 0 aliphatic heterocycles. The first-order valence-corrected chi connectivity index (χ1v) is 45.4. The molecule has 19 heteroatoms. The lowest BCUT2D eigenvalue weighted by Gasteiger charge is -2.21. The molecule has 0 aliphatic rings. The number of aliphatic hydroxyl groups is 1. The van der Waals surface area contributed by atoms with Crippen LogP contribution in [-0.2, 0) is 65.4 Å². The van der Waals surface area contributed by atoms with Crippen molar-refractivity contribution >= 4 is 39.5 Å². The van der Waals surface area contributed by atoms with E-state index >= 15 is 0 Å². The van der Waals surface area contributed by atoms with Crippen molar-refractivity contribution in [3.8, 4) is 0 Å². The van der Waals surface area contributed by atoms with Crippen LogP contribution in [0.25, 0.3) is 0 Å². The summed E-state index contributed by atoms with van der Waals surface area (Å²) in [6.07, 6.45) is 76.6. The Morgan fingerprint density at radius 1 is 0.272 bits per heavy atom. The molecule has 0 saturated heterocycles. The predicted molar refractivity (Wildman–Crippen MR) is 423 cm³/mol. The Labute approximate surface area is 629 Å². The number of carbonyl (C=O) groups is 4. The van der Waals surface area contributed by atoms with Gasteiger partial charge in [-0.1, -0.05) is 352 Å². The molecule has 17 nitrogen and oxygen atoms in total. The Morgan fingerprint density at radius 2 is 0.466 bits per heavy atom. The molecule has 2 unspecified atom stereocenters. The zero-order valence-electron chi connectivity index (χ0n) is 66.3. The third kappa shape index (κ3) is 77.0. The van der Waals surface area contributed by atoms with Crippen molar-refractivity contribution in [1.82, 2.24) is 0 Å². The van der Waals surface area contributed by atoms with E-state index in [1.165, 1.54) is 205 Å². The molecule has 5 atom stereocenters. The van der Waals surface area contributed by atoms with Crippen LogP contribution in [0.3, 0.4) is 0 Å². The Morgan fingerprint density at radius 3 is 0.709 bits per heavy atom. The molecular weight excluding hydrogens is 1340 g/mol. The fourth-order valence-corrected chi connectivity index (χ4v) is 13.7. The maximum absolute atomic E-state index is 13.1. The average molecular weight is 1500 g/mol. The largest absolute Gasteiger partial charge is 0.472 e. The molecule has 0 aliphatic carbocycles. The number of carbonyl (C=O) groups excluding carboxylic acids is 4. The van der Waals surface area contributed by atoms with Gasteiger partial charge >= 0.3 is 39.5 Å². The third-order valence-corrected chi connectivity index (χ3v) is 20.5. The molecule has 3 N–H and O–H groups in total. The molecule has 103 heavy (non-hydrogen) atoms. The SMILES string of the molecule is CCCCCC/C=C\C=C/CCCCCCCC(=O)OC[C@H](COP(=O)(O)OC[C@@H](O)COP(=O)(O)OC[C@@H](COC(=O)CCCCCCCCCCCCC)OC(=O)CCCCCCC/C=C\C=C/CCCCCC)OC(=O)CCCCCCCCCCCCCCCCCCCCCCCC. The van der Waals surface area contributed by atoms with E-state index in [1.807, 2.05) is 0 Å². The normalized spacial score (nSPS) is 14.0. The van der Waals surface area contributed by atoms with E-state index in [1.54, 1.807) is 0 Å². The summed E-state index contributed by atoms with van der Waals surface area (Å²) in [6, 6.07) is 0. The van der Waals surface area contributed by atoms with Gasteiger partial charge in [0.1, 0.15) is 19.3 Å². The molecular formula is C84H156O17P2. The lowest BCUT2D eigenvalue weighted by molar-refractivity contribution is -0.161. The lowest BCUT2D eigenvalue weighted by Crippen LogP contribution is -2.30. The summed E-state index contributed by atoms with van der Waals surface area (Å²) >= 11 is 0. The predicted octanol–water partition coefficient (Wildman–Crippen LogP) is 24.8. The molecule has 0 bridgehead atoms. The van der Waals surface area contributed by atoms with Crippen LogP contribution in [0.15, 0.2) is 48.6 Å². The number of phosphoric ester groups is 2. The van der Waals surface area contributed by atoms with Gasteiger partial charge in [0.15, 0.2) is 12.2 Å². The summed E-state index contributed by atoms with van der Waals surface area (Å²) in [7, 11) is -9.95. The second kappa shape index (κ2) is 77.2. The van der Waals surface area contributed by atoms with Crippen molar-refractivity contribution in [2.75, 3.05) is 39.6 Å². The molecule has 0 radical (unpaired) electrons. The highest BCUT2D eigenvalue weighted by molar-refractivity contribution is 7.47. The molecule has 0 aromatic heterocycles. The van der Waals surface area contributed by atoms with E-state index in [9.17, 15) is 43.2 Å². The fourth-order valence-electron chi connectivity index (χ4n) is 12.1. The molecule has 0 amide bonds. The molecule has 604 valence electrons. The summed E-state index contributed by atoms with van der Waals surface area (Å²) in [5, 5.41) is 10.6. The first-order valence-electron chi connectivity index (χ1n) is 42.4. The minimum absolute atomic E-state index is 0.0835. The van der Waals surface area contributed by atoms with Crippen LogP contribution in [0.1, 0.15) is 407 Å². The second-order valence-electron chi connectivity index (χ2n) is 28.8. The van der Waals surface area contributed by atoms with E-state index in [0.717, 1.165) is 122 Å². The first kappa shape index (κ1) is 100. The van der Waals surface area contributed by atoms with Crippen molar-refractivity contribution in [1.29, 1.82) is 0 Å². The van der Waals surface area contributed by atoms with Gasteiger partial charge in [0.2, 0.25) is 0 Å². The molecule has 0 rings (SSSR count). The lowest BCUT2D eigenvalue weighted by atomic mass is 10.0. The van der Waals surface area contributed by atoms with Crippen LogP contribution in [-0.4, -0.2) is 96.7 Å². The Hall–Kier alpha value is -2.98. The van der Waals surface area contributed by atoms with Crippen molar-refractivity contribution in [2.24, 2.45) is 0 Å². The zero-order valence-corrected chi connectivity index (χ0v) is 68.1. The molecule has 0 heterocycles. The Kier molecular flexibility index (Phi) is 75.0. The maximum Gasteiger partial charge on any atom is 0.472 e. The van der Waals surface area contributed by atoms with Gasteiger partial charge in [-0.05, 0) is 77.0 Å². The molecule has 0 aromatic carbocycles. The number of phosphoric acid groups is 2. The number of rotatable bonds is 81. The summed E-state index contributed by atoms with van der Waals surface area (Å²) in [4.78, 5) is 73.1. The van der Waals surface area contributed by atoms with E-state index in [-0.39, 0.29) is 25.7 Å². The minimum Gasteiger partial charge on any atom is -0.462 e.